The molecule has 5 nitrogen and oxygen atoms in total. The molecule has 0 saturated carbocycles. The molecule has 1 amide bonds. The number of anilines is 1. The van der Waals surface area contributed by atoms with Crippen molar-refractivity contribution >= 4 is 45.6 Å². The van der Waals surface area contributed by atoms with Crippen LogP contribution in [-0.4, -0.2) is 47.5 Å². The first-order valence-electron chi connectivity index (χ1n) is 9.70. The molecule has 3 heterocycles. The van der Waals surface area contributed by atoms with Gasteiger partial charge >= 0.3 is 0 Å². The average Bonchev–Trinajstić information content (AvgIpc) is 3.18. The zero-order valence-corrected chi connectivity index (χ0v) is 18.0. The number of benzene rings is 1. The molecular weight excluding hydrogens is 415 g/mol. The second kappa shape index (κ2) is 8.19. The first kappa shape index (κ1) is 20.0. The molecule has 0 aliphatic carbocycles. The number of primary amides is 1. The van der Waals surface area contributed by atoms with Crippen molar-refractivity contribution < 1.29 is 4.79 Å². The van der Waals surface area contributed by atoms with Crippen molar-refractivity contribution in [2.24, 2.45) is 5.73 Å². The van der Waals surface area contributed by atoms with Crippen LogP contribution in [0, 0.1) is 0 Å². The third-order valence-electron chi connectivity index (χ3n) is 5.98. The number of carbonyl (C=O) groups excluding carboxylic acids is 1. The highest BCUT2D eigenvalue weighted by molar-refractivity contribution is 7.14. The zero-order valence-electron chi connectivity index (χ0n) is 15.7. The fraction of sp³-hybridized carbons (Fsp3) is 0.500. The third-order valence-corrected chi connectivity index (χ3v) is 7.43. The lowest BCUT2D eigenvalue weighted by Gasteiger charge is -2.48. The van der Waals surface area contributed by atoms with Gasteiger partial charge in [0.25, 0.3) is 0 Å². The van der Waals surface area contributed by atoms with Crippen LogP contribution in [0.5, 0.6) is 0 Å². The van der Waals surface area contributed by atoms with Crippen molar-refractivity contribution in [3.05, 3.63) is 33.6 Å². The van der Waals surface area contributed by atoms with Crippen molar-refractivity contribution in [1.82, 2.24) is 9.88 Å². The second-order valence-corrected chi connectivity index (χ2v) is 9.25. The van der Waals surface area contributed by atoms with E-state index in [1.54, 1.807) is 17.4 Å². The summed E-state index contributed by atoms with van der Waals surface area (Å²) in [4.78, 5) is 21.8. The van der Waals surface area contributed by atoms with Gasteiger partial charge in [0, 0.05) is 29.1 Å². The Balaban J connectivity index is 1.49. The molecule has 2 saturated heterocycles. The highest BCUT2D eigenvalue weighted by Crippen LogP contribution is 2.37. The summed E-state index contributed by atoms with van der Waals surface area (Å²) in [5, 5.41) is 4.18. The molecule has 4 rings (SSSR count). The Kier molecular flexibility index (Phi) is 5.83. The van der Waals surface area contributed by atoms with Gasteiger partial charge in [0.1, 0.15) is 5.54 Å². The van der Waals surface area contributed by atoms with Gasteiger partial charge in [-0.25, -0.2) is 4.98 Å². The first-order chi connectivity index (χ1) is 13.5. The number of carbonyl (C=O) groups is 1. The Morgan fingerprint density at radius 3 is 2.46 bits per heavy atom. The molecule has 0 radical (unpaired) electrons. The van der Waals surface area contributed by atoms with E-state index in [2.05, 4.69) is 9.80 Å². The zero-order chi connectivity index (χ0) is 19.7. The van der Waals surface area contributed by atoms with Gasteiger partial charge in [-0.05, 0) is 57.0 Å². The second-order valence-electron chi connectivity index (χ2n) is 7.57. The van der Waals surface area contributed by atoms with E-state index in [-0.39, 0.29) is 5.91 Å². The number of hydrogen-bond donors (Lipinski definition) is 1. The normalized spacial score (nSPS) is 20.3. The summed E-state index contributed by atoms with van der Waals surface area (Å²) >= 11 is 13.9. The number of piperidine rings is 2. The quantitative estimate of drug-likeness (QED) is 0.766. The smallest absolute Gasteiger partial charge is 0.238 e. The molecular formula is C20H24Cl2N4OS. The molecule has 2 fully saturated rings. The van der Waals surface area contributed by atoms with Crippen LogP contribution in [0.4, 0.5) is 5.13 Å². The molecule has 2 aromatic rings. The Morgan fingerprint density at radius 2 is 1.82 bits per heavy atom. The highest BCUT2D eigenvalue weighted by atomic mass is 35.5. The van der Waals surface area contributed by atoms with Gasteiger partial charge in [0.05, 0.1) is 10.7 Å². The van der Waals surface area contributed by atoms with Crippen LogP contribution >= 0.6 is 34.5 Å². The van der Waals surface area contributed by atoms with Crippen LogP contribution < -0.4 is 10.6 Å². The molecule has 0 bridgehead atoms. The van der Waals surface area contributed by atoms with Crippen molar-refractivity contribution in [3.63, 3.8) is 0 Å². The van der Waals surface area contributed by atoms with E-state index in [9.17, 15) is 4.79 Å². The fourth-order valence-electron chi connectivity index (χ4n) is 4.34. The number of hydrogen-bond acceptors (Lipinski definition) is 5. The Hall–Kier alpha value is -1.34. The number of halogens is 2. The van der Waals surface area contributed by atoms with Crippen molar-refractivity contribution in [3.8, 4) is 11.3 Å². The van der Waals surface area contributed by atoms with Gasteiger partial charge in [-0.2, -0.15) is 0 Å². The van der Waals surface area contributed by atoms with Crippen LogP contribution in [-0.2, 0) is 4.79 Å². The Labute approximate surface area is 179 Å². The summed E-state index contributed by atoms with van der Waals surface area (Å²) in [6, 6.07) is 5.45. The number of rotatable bonds is 4. The predicted octanol–water partition coefficient (Wildman–Crippen LogP) is 4.43. The van der Waals surface area contributed by atoms with Crippen LogP contribution in [0.1, 0.15) is 32.1 Å². The first-order valence-corrected chi connectivity index (χ1v) is 11.3. The number of nitrogens with zero attached hydrogens (tertiary/aromatic N) is 3. The molecule has 2 aliphatic rings. The van der Waals surface area contributed by atoms with Gasteiger partial charge in [-0.1, -0.05) is 29.6 Å². The van der Waals surface area contributed by atoms with Gasteiger partial charge < -0.3 is 10.6 Å². The molecule has 0 unspecified atom stereocenters. The van der Waals surface area contributed by atoms with Gasteiger partial charge in [-0.15, -0.1) is 11.3 Å². The topological polar surface area (TPSA) is 62.5 Å². The molecule has 0 spiro atoms. The van der Waals surface area contributed by atoms with Crippen LogP contribution in [0.3, 0.4) is 0 Å². The summed E-state index contributed by atoms with van der Waals surface area (Å²) < 4.78 is 0. The standard InChI is InChI=1S/C20H24Cl2N4OS/c21-14-4-5-15(16(22)12-14)17-13-28-19(24-17)25-10-6-20(7-11-25,18(23)27)26-8-2-1-3-9-26/h4-5,12-13H,1-3,6-11H2,(H2,23,27). The third kappa shape index (κ3) is 3.75. The van der Waals surface area contributed by atoms with Crippen molar-refractivity contribution in [1.29, 1.82) is 0 Å². The Bertz CT molecular complexity index is 858. The summed E-state index contributed by atoms with van der Waals surface area (Å²) in [6.45, 7) is 3.50. The lowest BCUT2D eigenvalue weighted by atomic mass is 9.83. The van der Waals surface area contributed by atoms with Gasteiger partial charge in [-0.3, -0.25) is 9.69 Å². The van der Waals surface area contributed by atoms with Crippen molar-refractivity contribution in [2.45, 2.75) is 37.6 Å². The van der Waals surface area contributed by atoms with E-state index in [1.807, 2.05) is 17.5 Å². The van der Waals surface area contributed by atoms with Crippen LogP contribution in [0.2, 0.25) is 10.0 Å². The Morgan fingerprint density at radius 1 is 1.11 bits per heavy atom. The monoisotopic (exact) mass is 438 g/mol. The minimum Gasteiger partial charge on any atom is -0.368 e. The fourth-order valence-corrected chi connectivity index (χ4v) is 5.72. The summed E-state index contributed by atoms with van der Waals surface area (Å²) in [5.74, 6) is -0.179. The van der Waals surface area contributed by atoms with E-state index in [1.165, 1.54) is 6.42 Å². The predicted molar refractivity (Wildman–Crippen MR) is 116 cm³/mol. The highest BCUT2D eigenvalue weighted by Gasteiger charge is 2.45. The minimum absolute atomic E-state index is 0.179. The lowest BCUT2D eigenvalue weighted by Crippen LogP contribution is -2.63. The molecule has 2 aliphatic heterocycles. The van der Waals surface area contributed by atoms with Crippen LogP contribution in [0.15, 0.2) is 23.6 Å². The van der Waals surface area contributed by atoms with Crippen molar-refractivity contribution in [2.75, 3.05) is 31.1 Å². The SMILES string of the molecule is NC(=O)C1(N2CCCCC2)CCN(c2nc(-c3ccc(Cl)cc3Cl)cs2)CC1. The average molecular weight is 439 g/mol. The maximum Gasteiger partial charge on any atom is 0.238 e. The number of nitrogens with two attached hydrogens (primary N) is 1. The minimum atomic E-state index is -0.503. The van der Waals surface area contributed by atoms with E-state index < -0.39 is 5.54 Å². The number of thiazole rings is 1. The molecule has 1 aromatic heterocycles. The van der Waals surface area contributed by atoms with E-state index in [4.69, 9.17) is 33.9 Å². The van der Waals surface area contributed by atoms with Gasteiger partial charge in [0.15, 0.2) is 5.13 Å². The molecule has 8 heteroatoms. The molecule has 0 atom stereocenters. The molecule has 1 aromatic carbocycles. The summed E-state index contributed by atoms with van der Waals surface area (Å²) in [5.41, 5.74) is 7.12. The lowest BCUT2D eigenvalue weighted by molar-refractivity contribution is -0.132. The number of aromatic nitrogens is 1. The van der Waals surface area contributed by atoms with Gasteiger partial charge in [0.2, 0.25) is 5.91 Å². The largest absolute Gasteiger partial charge is 0.368 e. The summed E-state index contributed by atoms with van der Waals surface area (Å²) in [6.07, 6.45) is 5.04. The molecule has 150 valence electrons. The number of likely N-dealkylation sites (tertiary alicyclic amines) is 1. The maximum absolute atomic E-state index is 12.4. The molecule has 2 N–H and O–H groups in total. The van der Waals surface area contributed by atoms with Crippen LogP contribution in [0.25, 0.3) is 11.3 Å². The van der Waals surface area contributed by atoms with E-state index in [0.29, 0.717) is 10.0 Å². The maximum atomic E-state index is 12.4. The number of amides is 1. The molecule has 28 heavy (non-hydrogen) atoms. The van der Waals surface area contributed by atoms with E-state index in [0.717, 1.165) is 68.3 Å². The van der Waals surface area contributed by atoms with E-state index >= 15 is 0 Å². The summed E-state index contributed by atoms with van der Waals surface area (Å²) in [7, 11) is 0.